The molecule has 0 bridgehead atoms. The summed E-state index contributed by atoms with van der Waals surface area (Å²) in [5.41, 5.74) is 1.86. The molecule has 0 spiro atoms. The van der Waals surface area contributed by atoms with Crippen molar-refractivity contribution < 1.29 is 14.3 Å². The van der Waals surface area contributed by atoms with Crippen molar-refractivity contribution in [3.8, 4) is 5.82 Å². The Morgan fingerprint density at radius 3 is 2.46 bits per heavy atom. The lowest BCUT2D eigenvalue weighted by atomic mass is 10.1. The van der Waals surface area contributed by atoms with Crippen LogP contribution in [0, 0.1) is 6.92 Å². The van der Waals surface area contributed by atoms with E-state index in [2.05, 4.69) is 15.4 Å². The number of aromatic nitrogens is 3. The minimum Gasteiger partial charge on any atom is -0.449 e. The van der Waals surface area contributed by atoms with Gasteiger partial charge < -0.3 is 10.1 Å². The minimum absolute atomic E-state index is 0.191. The summed E-state index contributed by atoms with van der Waals surface area (Å²) in [6.07, 6.45) is 2.13. The van der Waals surface area contributed by atoms with E-state index in [-0.39, 0.29) is 11.9 Å². The van der Waals surface area contributed by atoms with E-state index in [1.54, 1.807) is 36.9 Å². The fraction of sp³-hybridized carbons (Fsp3) is 0.238. The highest BCUT2D eigenvalue weighted by atomic mass is 16.5. The highest BCUT2D eigenvalue weighted by Gasteiger charge is 2.23. The molecule has 7 heteroatoms. The van der Waals surface area contributed by atoms with Crippen molar-refractivity contribution in [2.45, 2.75) is 32.9 Å². The van der Waals surface area contributed by atoms with Crippen LogP contribution in [-0.4, -0.2) is 32.7 Å². The molecule has 1 amide bonds. The molecule has 2 aromatic heterocycles. The van der Waals surface area contributed by atoms with Crippen molar-refractivity contribution in [1.82, 2.24) is 20.1 Å². The van der Waals surface area contributed by atoms with Gasteiger partial charge in [-0.3, -0.25) is 4.79 Å². The van der Waals surface area contributed by atoms with Crippen molar-refractivity contribution in [2.75, 3.05) is 0 Å². The number of esters is 1. The number of hydrogen-bond donors (Lipinski definition) is 1. The lowest BCUT2D eigenvalue weighted by Gasteiger charge is -2.18. The first-order valence-electron chi connectivity index (χ1n) is 8.99. The fourth-order valence-corrected chi connectivity index (χ4v) is 2.75. The summed E-state index contributed by atoms with van der Waals surface area (Å²) in [5.74, 6) is -0.365. The molecule has 3 rings (SSSR count). The van der Waals surface area contributed by atoms with Crippen LogP contribution in [0.2, 0.25) is 0 Å². The van der Waals surface area contributed by atoms with E-state index in [9.17, 15) is 9.59 Å². The zero-order chi connectivity index (χ0) is 20.1. The summed E-state index contributed by atoms with van der Waals surface area (Å²) < 4.78 is 6.89. The molecule has 0 radical (unpaired) electrons. The SMILES string of the molecule is Cc1c(C(=O)OC(C)C(=O)NC(C)c2ccccc2)cnn1-c1ccccn1. The number of nitrogens with zero attached hydrogens (tertiary/aromatic N) is 3. The lowest BCUT2D eigenvalue weighted by Crippen LogP contribution is -2.37. The van der Waals surface area contributed by atoms with Crippen molar-refractivity contribution in [1.29, 1.82) is 0 Å². The van der Waals surface area contributed by atoms with Gasteiger partial charge >= 0.3 is 5.97 Å². The van der Waals surface area contributed by atoms with Gasteiger partial charge in [-0.25, -0.2) is 14.5 Å². The summed E-state index contributed by atoms with van der Waals surface area (Å²) in [7, 11) is 0. The van der Waals surface area contributed by atoms with Crippen LogP contribution in [0.5, 0.6) is 0 Å². The molecule has 0 aliphatic heterocycles. The third-order valence-electron chi connectivity index (χ3n) is 4.41. The molecule has 0 fully saturated rings. The van der Waals surface area contributed by atoms with Gasteiger partial charge in [0.15, 0.2) is 11.9 Å². The molecule has 28 heavy (non-hydrogen) atoms. The van der Waals surface area contributed by atoms with Gasteiger partial charge in [0, 0.05) is 6.20 Å². The first kappa shape index (κ1) is 19.3. The predicted molar refractivity (Wildman–Crippen MR) is 104 cm³/mol. The standard InChI is InChI=1S/C21H22N4O3/c1-14(17-9-5-4-6-10-17)24-20(26)16(3)28-21(27)18-13-23-25(15(18)2)19-11-7-8-12-22-19/h4-14,16H,1-3H3,(H,24,26). The third-order valence-corrected chi connectivity index (χ3v) is 4.41. The molecule has 1 N–H and O–H groups in total. The largest absolute Gasteiger partial charge is 0.449 e. The minimum atomic E-state index is -0.934. The van der Waals surface area contributed by atoms with Gasteiger partial charge in [0.05, 0.1) is 17.9 Å². The molecule has 0 aliphatic carbocycles. The maximum atomic E-state index is 12.5. The normalized spacial score (nSPS) is 12.8. The van der Waals surface area contributed by atoms with Crippen molar-refractivity contribution in [2.24, 2.45) is 0 Å². The smallest absolute Gasteiger partial charge is 0.342 e. The number of amides is 1. The van der Waals surface area contributed by atoms with Gasteiger partial charge in [0.25, 0.3) is 5.91 Å². The van der Waals surface area contributed by atoms with E-state index in [0.717, 1.165) is 5.56 Å². The summed E-state index contributed by atoms with van der Waals surface area (Å²) in [4.78, 5) is 29.1. The molecule has 7 nitrogen and oxygen atoms in total. The number of nitrogens with one attached hydrogen (secondary N) is 1. The molecule has 2 unspecified atom stereocenters. The second-order valence-corrected chi connectivity index (χ2v) is 6.43. The maximum Gasteiger partial charge on any atom is 0.342 e. The van der Waals surface area contributed by atoms with Crippen LogP contribution in [0.25, 0.3) is 5.82 Å². The quantitative estimate of drug-likeness (QED) is 0.667. The zero-order valence-electron chi connectivity index (χ0n) is 16.0. The molecule has 144 valence electrons. The number of benzene rings is 1. The van der Waals surface area contributed by atoms with Gasteiger partial charge in [-0.2, -0.15) is 5.10 Å². The van der Waals surface area contributed by atoms with Gasteiger partial charge in [-0.15, -0.1) is 0 Å². The average molecular weight is 378 g/mol. The van der Waals surface area contributed by atoms with Crippen LogP contribution < -0.4 is 5.32 Å². The van der Waals surface area contributed by atoms with Crippen LogP contribution in [0.4, 0.5) is 0 Å². The average Bonchev–Trinajstić information content (AvgIpc) is 3.10. The highest BCUT2D eigenvalue weighted by Crippen LogP contribution is 2.15. The van der Waals surface area contributed by atoms with Gasteiger partial charge in [-0.05, 0) is 38.5 Å². The van der Waals surface area contributed by atoms with Crippen LogP contribution >= 0.6 is 0 Å². The maximum absolute atomic E-state index is 12.5. The Bertz CT molecular complexity index is 954. The Hall–Kier alpha value is -3.48. The van der Waals surface area contributed by atoms with E-state index in [4.69, 9.17) is 4.74 Å². The summed E-state index contributed by atoms with van der Waals surface area (Å²) in [5, 5.41) is 7.05. The third kappa shape index (κ3) is 4.25. The van der Waals surface area contributed by atoms with Crippen molar-refractivity contribution >= 4 is 11.9 Å². The lowest BCUT2D eigenvalue weighted by molar-refractivity contribution is -0.129. The van der Waals surface area contributed by atoms with Crippen LogP contribution in [0.1, 0.15) is 41.5 Å². The van der Waals surface area contributed by atoms with E-state index >= 15 is 0 Å². The van der Waals surface area contributed by atoms with Crippen LogP contribution in [0.15, 0.2) is 60.9 Å². The number of hydrogen-bond acceptors (Lipinski definition) is 5. The monoisotopic (exact) mass is 378 g/mol. The highest BCUT2D eigenvalue weighted by molar-refractivity contribution is 5.93. The van der Waals surface area contributed by atoms with Crippen molar-refractivity contribution in [3.05, 3.63) is 77.7 Å². The van der Waals surface area contributed by atoms with Gasteiger partial charge in [0.1, 0.15) is 5.56 Å². The molecule has 3 aromatic rings. The van der Waals surface area contributed by atoms with Crippen LogP contribution in [-0.2, 0) is 9.53 Å². The molecule has 2 heterocycles. The van der Waals surface area contributed by atoms with E-state index in [1.807, 2.05) is 43.3 Å². The Kier molecular flexibility index (Phi) is 5.84. The van der Waals surface area contributed by atoms with Gasteiger partial charge in [-0.1, -0.05) is 36.4 Å². The van der Waals surface area contributed by atoms with E-state index in [0.29, 0.717) is 17.1 Å². The number of rotatable bonds is 6. The second kappa shape index (κ2) is 8.47. The topological polar surface area (TPSA) is 86.1 Å². The van der Waals surface area contributed by atoms with Crippen molar-refractivity contribution in [3.63, 3.8) is 0 Å². The molecular weight excluding hydrogens is 356 g/mol. The number of carbonyl (C=O) groups is 2. The summed E-state index contributed by atoms with van der Waals surface area (Å²) in [6, 6.07) is 14.8. The first-order valence-corrected chi connectivity index (χ1v) is 8.99. The molecule has 0 saturated carbocycles. The van der Waals surface area contributed by atoms with Crippen LogP contribution in [0.3, 0.4) is 0 Å². The Labute approximate surface area is 163 Å². The first-order chi connectivity index (χ1) is 13.5. The van der Waals surface area contributed by atoms with E-state index < -0.39 is 12.1 Å². The second-order valence-electron chi connectivity index (χ2n) is 6.43. The zero-order valence-corrected chi connectivity index (χ0v) is 16.0. The number of ether oxygens (including phenoxy) is 1. The molecule has 2 atom stereocenters. The Morgan fingerprint density at radius 1 is 1.07 bits per heavy atom. The molecular formula is C21H22N4O3. The number of carbonyl (C=O) groups excluding carboxylic acids is 2. The molecule has 1 aromatic carbocycles. The summed E-state index contributed by atoms with van der Waals surface area (Å²) in [6.45, 7) is 5.17. The Balaban J connectivity index is 1.64. The summed E-state index contributed by atoms with van der Waals surface area (Å²) >= 11 is 0. The molecule has 0 aliphatic rings. The Morgan fingerprint density at radius 2 is 1.79 bits per heavy atom. The van der Waals surface area contributed by atoms with Gasteiger partial charge in [0.2, 0.25) is 0 Å². The molecule has 0 saturated heterocycles. The number of pyridine rings is 1. The fourth-order valence-electron chi connectivity index (χ4n) is 2.75. The predicted octanol–water partition coefficient (Wildman–Crippen LogP) is 3.00. The van der Waals surface area contributed by atoms with E-state index in [1.165, 1.54) is 6.20 Å².